The molecular weight excluding hydrogens is 214 g/mol. The number of hydrogen-bond acceptors (Lipinski definition) is 2. The molecule has 1 aromatic carbocycles. The van der Waals surface area contributed by atoms with Gasteiger partial charge in [-0.3, -0.25) is 4.79 Å². The topological polar surface area (TPSA) is 61.1 Å². The van der Waals surface area contributed by atoms with Gasteiger partial charge in [-0.15, -0.1) is 11.6 Å². The van der Waals surface area contributed by atoms with Crippen molar-refractivity contribution in [2.24, 2.45) is 0 Å². The fourth-order valence-electron chi connectivity index (χ4n) is 1.45. The molecule has 0 aliphatic heterocycles. The minimum absolute atomic E-state index is 0.160. The third-order valence-corrected chi connectivity index (χ3v) is 2.51. The van der Waals surface area contributed by atoms with Gasteiger partial charge in [-0.25, -0.2) is 0 Å². The highest BCUT2D eigenvalue weighted by atomic mass is 35.5. The van der Waals surface area contributed by atoms with Gasteiger partial charge in [0.25, 0.3) is 0 Å². The Bertz CT molecular complexity index is 435. The van der Waals surface area contributed by atoms with Crippen LogP contribution < -0.4 is 0 Å². The number of hydrogen-bond donors (Lipinski definition) is 1. The van der Waals surface area contributed by atoms with Crippen LogP contribution in [0.15, 0.2) is 12.1 Å². The molecule has 0 heterocycles. The van der Waals surface area contributed by atoms with Gasteiger partial charge in [0.05, 0.1) is 18.1 Å². The van der Waals surface area contributed by atoms with Gasteiger partial charge in [0.2, 0.25) is 0 Å². The summed E-state index contributed by atoms with van der Waals surface area (Å²) in [5.41, 5.74) is 2.58. The third-order valence-electron chi connectivity index (χ3n) is 2.25. The van der Waals surface area contributed by atoms with E-state index in [4.69, 9.17) is 22.0 Å². The molecule has 0 radical (unpaired) electrons. The van der Waals surface area contributed by atoms with Gasteiger partial charge >= 0.3 is 5.97 Å². The molecular formula is C11H10ClNO2. The second-order valence-electron chi connectivity index (χ2n) is 3.20. The highest BCUT2D eigenvalue weighted by molar-refractivity contribution is 6.17. The summed E-state index contributed by atoms with van der Waals surface area (Å²) >= 11 is 5.75. The van der Waals surface area contributed by atoms with E-state index in [0.29, 0.717) is 11.1 Å². The lowest BCUT2D eigenvalue weighted by Gasteiger charge is -2.10. The minimum Gasteiger partial charge on any atom is -0.481 e. The lowest BCUT2D eigenvalue weighted by atomic mass is 9.96. The molecule has 1 rings (SSSR count). The molecule has 1 N–H and O–H groups in total. The molecule has 0 amide bonds. The van der Waals surface area contributed by atoms with Crippen molar-refractivity contribution in [2.45, 2.75) is 19.2 Å². The Morgan fingerprint density at radius 1 is 1.53 bits per heavy atom. The highest BCUT2D eigenvalue weighted by Gasteiger charge is 2.13. The fourth-order valence-corrected chi connectivity index (χ4v) is 1.83. The Kier molecular flexibility index (Phi) is 3.70. The predicted molar refractivity (Wildman–Crippen MR) is 56.8 cm³/mol. The van der Waals surface area contributed by atoms with Crippen molar-refractivity contribution in [3.63, 3.8) is 0 Å². The number of carboxylic acids is 1. The van der Waals surface area contributed by atoms with E-state index in [2.05, 4.69) is 0 Å². The maximum Gasteiger partial charge on any atom is 0.307 e. The molecule has 0 aliphatic carbocycles. The molecule has 0 saturated carbocycles. The fraction of sp³-hybridized carbons (Fsp3) is 0.273. The van der Waals surface area contributed by atoms with Crippen LogP contribution in [0.5, 0.6) is 0 Å². The predicted octanol–water partition coefficient (Wildman–Crippen LogP) is 2.23. The molecule has 1 aromatic rings. The normalized spacial score (nSPS) is 9.67. The van der Waals surface area contributed by atoms with Crippen LogP contribution in [0.4, 0.5) is 0 Å². The van der Waals surface area contributed by atoms with Crippen molar-refractivity contribution in [2.75, 3.05) is 0 Å². The maximum absolute atomic E-state index is 10.7. The van der Waals surface area contributed by atoms with Gasteiger partial charge in [-0.1, -0.05) is 6.07 Å². The molecule has 3 nitrogen and oxygen atoms in total. The SMILES string of the molecule is Cc1ccc(C#N)c(CC(=O)O)c1CCl. The molecule has 78 valence electrons. The number of aryl methyl sites for hydroxylation is 1. The average molecular weight is 224 g/mol. The molecule has 0 fully saturated rings. The molecule has 0 aromatic heterocycles. The van der Waals surface area contributed by atoms with Crippen LogP contribution in [0, 0.1) is 18.3 Å². The molecule has 0 bridgehead atoms. The Morgan fingerprint density at radius 3 is 2.67 bits per heavy atom. The van der Waals surface area contributed by atoms with E-state index in [1.807, 2.05) is 13.0 Å². The molecule has 0 atom stereocenters. The second-order valence-corrected chi connectivity index (χ2v) is 3.47. The highest BCUT2D eigenvalue weighted by Crippen LogP contribution is 2.21. The van der Waals surface area contributed by atoms with Crippen molar-refractivity contribution in [3.05, 3.63) is 34.4 Å². The van der Waals surface area contributed by atoms with Crippen LogP contribution in [0.3, 0.4) is 0 Å². The summed E-state index contributed by atoms with van der Waals surface area (Å²) in [4.78, 5) is 10.7. The zero-order valence-electron chi connectivity index (χ0n) is 8.25. The van der Waals surface area contributed by atoms with Crippen LogP contribution in [0.2, 0.25) is 0 Å². The van der Waals surface area contributed by atoms with Crippen LogP contribution in [-0.2, 0) is 17.1 Å². The van der Waals surface area contributed by atoms with E-state index in [-0.39, 0.29) is 12.3 Å². The van der Waals surface area contributed by atoms with Crippen molar-refractivity contribution in [1.82, 2.24) is 0 Å². The number of nitriles is 1. The number of carbonyl (C=O) groups is 1. The first-order valence-electron chi connectivity index (χ1n) is 4.39. The lowest BCUT2D eigenvalue weighted by molar-refractivity contribution is -0.136. The Labute approximate surface area is 92.9 Å². The zero-order chi connectivity index (χ0) is 11.4. The smallest absolute Gasteiger partial charge is 0.307 e. The molecule has 0 spiro atoms. The number of halogens is 1. The monoisotopic (exact) mass is 223 g/mol. The Hall–Kier alpha value is -1.53. The Morgan fingerprint density at radius 2 is 2.20 bits per heavy atom. The van der Waals surface area contributed by atoms with E-state index >= 15 is 0 Å². The number of rotatable bonds is 3. The summed E-state index contributed by atoms with van der Waals surface area (Å²) in [6.45, 7) is 1.85. The molecule has 4 heteroatoms. The standard InChI is InChI=1S/C11H10ClNO2/c1-7-2-3-8(6-13)9(4-11(14)15)10(7)5-12/h2-3H,4-5H2,1H3,(H,14,15). The third kappa shape index (κ3) is 2.48. The van der Waals surface area contributed by atoms with E-state index in [1.54, 1.807) is 12.1 Å². The number of aliphatic carboxylic acids is 1. The first-order chi connectivity index (χ1) is 7.10. The second kappa shape index (κ2) is 4.81. The minimum atomic E-state index is -0.955. The van der Waals surface area contributed by atoms with E-state index < -0.39 is 5.97 Å². The molecule has 0 unspecified atom stereocenters. The first-order valence-corrected chi connectivity index (χ1v) is 4.92. The largest absolute Gasteiger partial charge is 0.481 e. The van der Waals surface area contributed by atoms with Crippen molar-refractivity contribution < 1.29 is 9.90 Å². The van der Waals surface area contributed by atoms with Gasteiger partial charge in [-0.2, -0.15) is 5.26 Å². The van der Waals surface area contributed by atoms with Crippen LogP contribution in [0.25, 0.3) is 0 Å². The summed E-state index contributed by atoms with van der Waals surface area (Å²) in [7, 11) is 0. The summed E-state index contributed by atoms with van der Waals surface area (Å²) in [5.74, 6) is -0.729. The number of alkyl halides is 1. The summed E-state index contributed by atoms with van der Waals surface area (Å²) in [6.07, 6.45) is -0.160. The van der Waals surface area contributed by atoms with E-state index in [9.17, 15) is 4.79 Å². The zero-order valence-corrected chi connectivity index (χ0v) is 9.01. The summed E-state index contributed by atoms with van der Waals surface area (Å²) in [5, 5.41) is 17.6. The van der Waals surface area contributed by atoms with Gasteiger partial charge in [0.15, 0.2) is 0 Å². The van der Waals surface area contributed by atoms with E-state index in [0.717, 1.165) is 11.1 Å². The average Bonchev–Trinajstić information content (AvgIpc) is 2.18. The lowest BCUT2D eigenvalue weighted by Crippen LogP contribution is -2.06. The van der Waals surface area contributed by atoms with E-state index in [1.165, 1.54) is 0 Å². The number of nitrogens with zero attached hydrogens (tertiary/aromatic N) is 1. The van der Waals surface area contributed by atoms with Crippen molar-refractivity contribution >= 4 is 17.6 Å². The molecule has 0 aliphatic rings. The molecule has 0 saturated heterocycles. The van der Waals surface area contributed by atoms with Crippen molar-refractivity contribution in [1.29, 1.82) is 5.26 Å². The quantitative estimate of drug-likeness (QED) is 0.800. The van der Waals surface area contributed by atoms with Gasteiger partial charge < -0.3 is 5.11 Å². The van der Waals surface area contributed by atoms with Gasteiger partial charge in [0, 0.05) is 5.88 Å². The first kappa shape index (κ1) is 11.5. The van der Waals surface area contributed by atoms with Crippen LogP contribution >= 0.6 is 11.6 Å². The number of carboxylic acid groups (broad SMARTS) is 1. The Balaban J connectivity index is 3.35. The number of benzene rings is 1. The summed E-state index contributed by atoms with van der Waals surface area (Å²) < 4.78 is 0. The van der Waals surface area contributed by atoms with Gasteiger partial charge in [-0.05, 0) is 29.7 Å². The summed E-state index contributed by atoms with van der Waals surface area (Å²) in [6, 6.07) is 5.39. The molecule has 15 heavy (non-hydrogen) atoms. The maximum atomic E-state index is 10.7. The van der Waals surface area contributed by atoms with Crippen LogP contribution in [0.1, 0.15) is 22.3 Å². The van der Waals surface area contributed by atoms with Crippen LogP contribution in [-0.4, -0.2) is 11.1 Å². The van der Waals surface area contributed by atoms with Crippen molar-refractivity contribution in [3.8, 4) is 6.07 Å². The van der Waals surface area contributed by atoms with Gasteiger partial charge in [0.1, 0.15) is 0 Å².